The highest BCUT2D eigenvalue weighted by molar-refractivity contribution is 7.89. The van der Waals surface area contributed by atoms with E-state index in [1.807, 2.05) is 12.1 Å². The average Bonchev–Trinajstić information content (AvgIpc) is 2.83. The van der Waals surface area contributed by atoms with E-state index in [2.05, 4.69) is 16.3 Å². The molecule has 38 heavy (non-hydrogen) atoms. The number of rotatable bonds is 8. The van der Waals surface area contributed by atoms with E-state index in [1.165, 1.54) is 49.9 Å². The number of nitrogens with one attached hydrogen (secondary N) is 2. The van der Waals surface area contributed by atoms with Crippen LogP contribution in [0, 0.1) is 6.92 Å². The van der Waals surface area contributed by atoms with Crippen LogP contribution in [0.5, 0.6) is 0 Å². The SMILES string of the molecule is Cc1cccc(Cl)c1S(=O)(=O)N[C@H](CC(=O)N[C@@H]1CCCc2cc(CN3CCCCC3)ccc21)C(F)(F)F. The van der Waals surface area contributed by atoms with Crippen LogP contribution in [0.3, 0.4) is 0 Å². The van der Waals surface area contributed by atoms with Gasteiger partial charge in [0.2, 0.25) is 15.9 Å². The Balaban J connectivity index is 1.45. The Morgan fingerprint density at radius 1 is 1.13 bits per heavy atom. The summed E-state index contributed by atoms with van der Waals surface area (Å²) in [7, 11) is -4.63. The van der Waals surface area contributed by atoms with E-state index >= 15 is 0 Å². The Hall–Kier alpha value is -2.14. The van der Waals surface area contributed by atoms with Crippen LogP contribution in [-0.4, -0.2) is 44.5 Å². The number of aryl methyl sites for hydroxylation is 2. The molecule has 1 fully saturated rings. The van der Waals surface area contributed by atoms with Gasteiger partial charge in [0.15, 0.2) is 0 Å². The lowest BCUT2D eigenvalue weighted by Crippen LogP contribution is -2.48. The second-order valence-electron chi connectivity index (χ2n) is 10.2. The average molecular weight is 572 g/mol. The van der Waals surface area contributed by atoms with Gasteiger partial charge in [-0.3, -0.25) is 9.69 Å². The van der Waals surface area contributed by atoms with Crippen molar-refractivity contribution >= 4 is 27.5 Å². The van der Waals surface area contributed by atoms with Crippen molar-refractivity contribution in [2.45, 2.75) is 81.6 Å². The Bertz CT molecular complexity index is 1240. The normalized spacial score (nSPS) is 19.6. The van der Waals surface area contributed by atoms with Gasteiger partial charge < -0.3 is 5.32 Å². The summed E-state index contributed by atoms with van der Waals surface area (Å²) >= 11 is 5.98. The summed E-state index contributed by atoms with van der Waals surface area (Å²) < 4.78 is 68.8. The van der Waals surface area contributed by atoms with E-state index in [0.29, 0.717) is 6.42 Å². The maximum Gasteiger partial charge on any atom is 0.405 e. The molecule has 1 amide bonds. The van der Waals surface area contributed by atoms with E-state index in [9.17, 15) is 26.4 Å². The standard InChI is InChI=1S/C27H33ClF3N3O3S/c1-18-7-5-9-22(28)26(18)38(36,37)33-24(27(29,30)31)16-25(35)32-23-10-6-8-20-15-19(11-12-21(20)23)17-34-13-3-2-4-14-34/h5,7,9,11-12,15,23-24,33H,2-4,6,8,10,13-14,16-17H2,1H3,(H,32,35)/t23-,24-/m1/s1. The van der Waals surface area contributed by atoms with Gasteiger partial charge in [-0.15, -0.1) is 0 Å². The second kappa shape index (κ2) is 11.9. The third kappa shape index (κ3) is 7.08. The molecular weight excluding hydrogens is 539 g/mol. The summed E-state index contributed by atoms with van der Waals surface area (Å²) in [6.07, 6.45) is -0.148. The minimum Gasteiger partial charge on any atom is -0.349 e. The molecule has 2 aromatic carbocycles. The van der Waals surface area contributed by atoms with Crippen molar-refractivity contribution in [1.82, 2.24) is 14.9 Å². The topological polar surface area (TPSA) is 78.5 Å². The number of nitrogens with zero attached hydrogens (tertiary/aromatic N) is 1. The van der Waals surface area contributed by atoms with E-state index in [0.717, 1.165) is 43.6 Å². The number of hydrogen-bond acceptors (Lipinski definition) is 4. The zero-order valence-electron chi connectivity index (χ0n) is 21.3. The Labute approximate surface area is 227 Å². The number of likely N-dealkylation sites (tertiary alicyclic amines) is 1. The van der Waals surface area contributed by atoms with Crippen LogP contribution < -0.4 is 10.0 Å². The number of amides is 1. The third-order valence-corrected chi connectivity index (χ3v) is 9.33. The van der Waals surface area contributed by atoms with E-state index in [-0.39, 0.29) is 10.6 Å². The number of fused-ring (bicyclic) bond motifs is 1. The Morgan fingerprint density at radius 2 is 1.87 bits per heavy atom. The molecule has 2 aromatic rings. The summed E-state index contributed by atoms with van der Waals surface area (Å²) in [5.41, 5.74) is 3.40. The summed E-state index contributed by atoms with van der Waals surface area (Å²) in [5, 5.41) is 2.52. The zero-order valence-corrected chi connectivity index (χ0v) is 22.9. The molecular formula is C27H33ClF3N3O3S. The number of carbonyl (C=O) groups excluding carboxylic acids is 1. The first-order valence-corrected chi connectivity index (χ1v) is 14.8. The molecule has 6 nitrogen and oxygen atoms in total. The lowest BCUT2D eigenvalue weighted by atomic mass is 9.86. The first-order chi connectivity index (χ1) is 17.9. The van der Waals surface area contributed by atoms with Gasteiger partial charge in [0.05, 0.1) is 17.5 Å². The molecule has 208 valence electrons. The molecule has 0 unspecified atom stereocenters. The molecule has 1 heterocycles. The van der Waals surface area contributed by atoms with Crippen LogP contribution in [0.2, 0.25) is 5.02 Å². The van der Waals surface area contributed by atoms with Gasteiger partial charge in [0, 0.05) is 6.54 Å². The molecule has 4 rings (SSSR count). The lowest BCUT2D eigenvalue weighted by molar-refractivity contribution is -0.158. The van der Waals surface area contributed by atoms with Crippen LogP contribution in [0.1, 0.15) is 66.8 Å². The largest absolute Gasteiger partial charge is 0.405 e. The van der Waals surface area contributed by atoms with Crippen LogP contribution in [0.15, 0.2) is 41.3 Å². The van der Waals surface area contributed by atoms with Crippen molar-refractivity contribution in [2.24, 2.45) is 0 Å². The van der Waals surface area contributed by atoms with Gasteiger partial charge in [-0.1, -0.05) is 48.4 Å². The fourth-order valence-corrected chi connectivity index (χ4v) is 7.41. The monoisotopic (exact) mass is 571 g/mol. The molecule has 2 atom stereocenters. The molecule has 0 aromatic heterocycles. The van der Waals surface area contributed by atoms with Crippen molar-refractivity contribution < 1.29 is 26.4 Å². The van der Waals surface area contributed by atoms with Gasteiger partial charge in [-0.25, -0.2) is 8.42 Å². The number of benzene rings is 2. The molecule has 0 spiro atoms. The van der Waals surface area contributed by atoms with E-state index in [1.54, 1.807) is 4.72 Å². The minimum absolute atomic E-state index is 0.193. The van der Waals surface area contributed by atoms with Gasteiger partial charge in [0.25, 0.3) is 0 Å². The quantitative estimate of drug-likeness (QED) is 0.443. The Morgan fingerprint density at radius 3 is 2.55 bits per heavy atom. The van der Waals surface area contributed by atoms with Crippen LogP contribution in [-0.2, 0) is 27.8 Å². The summed E-state index contributed by atoms with van der Waals surface area (Å²) in [6, 6.07) is 7.33. The van der Waals surface area contributed by atoms with Crippen molar-refractivity contribution in [3.63, 3.8) is 0 Å². The Kier molecular flexibility index (Phi) is 9.07. The molecule has 1 aliphatic carbocycles. The first kappa shape index (κ1) is 28.9. The molecule has 0 saturated carbocycles. The highest BCUT2D eigenvalue weighted by Gasteiger charge is 2.44. The molecule has 2 N–H and O–H groups in total. The third-order valence-electron chi connectivity index (χ3n) is 7.23. The van der Waals surface area contributed by atoms with Gasteiger partial charge in [-0.05, 0) is 80.4 Å². The highest BCUT2D eigenvalue weighted by atomic mass is 35.5. The summed E-state index contributed by atoms with van der Waals surface area (Å²) in [5.74, 6) is -0.874. The van der Waals surface area contributed by atoms with Crippen LogP contribution in [0.4, 0.5) is 13.2 Å². The minimum atomic E-state index is -4.98. The number of hydrogen-bond donors (Lipinski definition) is 2. The molecule has 1 aliphatic heterocycles. The van der Waals surface area contributed by atoms with Crippen LogP contribution in [0.25, 0.3) is 0 Å². The van der Waals surface area contributed by atoms with Gasteiger partial charge in [0.1, 0.15) is 10.9 Å². The highest BCUT2D eigenvalue weighted by Crippen LogP contribution is 2.32. The molecule has 2 aliphatic rings. The van der Waals surface area contributed by atoms with E-state index in [4.69, 9.17) is 11.6 Å². The first-order valence-electron chi connectivity index (χ1n) is 12.9. The predicted molar refractivity (Wildman–Crippen MR) is 140 cm³/mol. The smallest absolute Gasteiger partial charge is 0.349 e. The molecule has 0 bridgehead atoms. The number of halogens is 4. The molecule has 11 heteroatoms. The predicted octanol–water partition coefficient (Wildman–Crippen LogP) is 5.43. The molecule has 0 radical (unpaired) electrons. The summed E-state index contributed by atoms with van der Waals surface area (Å²) in [4.78, 5) is 14.8. The van der Waals surface area contributed by atoms with Crippen LogP contribution >= 0.6 is 11.6 Å². The zero-order chi connectivity index (χ0) is 27.5. The van der Waals surface area contributed by atoms with Crippen molar-refractivity contribution in [1.29, 1.82) is 0 Å². The lowest BCUT2D eigenvalue weighted by Gasteiger charge is -2.30. The fourth-order valence-electron chi connectivity index (χ4n) is 5.36. The summed E-state index contributed by atoms with van der Waals surface area (Å²) in [6.45, 7) is 4.46. The van der Waals surface area contributed by atoms with Crippen molar-refractivity contribution in [2.75, 3.05) is 13.1 Å². The number of carbonyl (C=O) groups is 1. The maximum absolute atomic E-state index is 13.8. The second-order valence-corrected chi connectivity index (χ2v) is 12.2. The number of alkyl halides is 3. The number of piperidine rings is 1. The molecule has 1 saturated heterocycles. The number of sulfonamides is 1. The maximum atomic E-state index is 13.8. The van der Waals surface area contributed by atoms with Gasteiger partial charge >= 0.3 is 6.18 Å². The van der Waals surface area contributed by atoms with Crippen molar-refractivity contribution in [3.8, 4) is 0 Å². The van der Waals surface area contributed by atoms with Crippen molar-refractivity contribution in [3.05, 3.63) is 63.7 Å². The van der Waals surface area contributed by atoms with E-state index < -0.39 is 45.5 Å². The van der Waals surface area contributed by atoms with Gasteiger partial charge in [-0.2, -0.15) is 17.9 Å². The fraction of sp³-hybridized carbons (Fsp3) is 0.519.